The van der Waals surface area contributed by atoms with Gasteiger partial charge in [-0.1, -0.05) is 156 Å². The van der Waals surface area contributed by atoms with Gasteiger partial charge in [0, 0.05) is 21.7 Å². The Kier molecular flexibility index (Phi) is 10.0. The van der Waals surface area contributed by atoms with Gasteiger partial charge in [0.1, 0.15) is 17.2 Å². The summed E-state index contributed by atoms with van der Waals surface area (Å²) >= 11 is 0. The van der Waals surface area contributed by atoms with Crippen LogP contribution in [0, 0.1) is 0 Å². The Morgan fingerprint density at radius 1 is 0.397 bits per heavy atom. The number of para-hydroxylation sites is 1. The highest BCUT2D eigenvalue weighted by Crippen LogP contribution is 2.47. The first-order valence-electron chi connectivity index (χ1n) is 23.7. The molecule has 4 heterocycles. The van der Waals surface area contributed by atoms with E-state index in [2.05, 4.69) is 218 Å². The van der Waals surface area contributed by atoms with E-state index in [0.29, 0.717) is 42.2 Å². The zero-order chi connectivity index (χ0) is 44.2. The zero-order valence-electron chi connectivity index (χ0n) is 39.6. The number of benzene rings is 6. The van der Waals surface area contributed by atoms with Crippen molar-refractivity contribution in [3.8, 4) is 39.1 Å². The number of pyridine rings is 1. The summed E-state index contributed by atoms with van der Waals surface area (Å²) in [7, 11) is 0. The molecule has 0 N–H and O–H groups in total. The molecule has 0 spiro atoms. The molecule has 318 valence electrons. The summed E-state index contributed by atoms with van der Waals surface area (Å²) in [6.45, 7) is 28.8. The molecule has 10 rings (SSSR count). The Labute approximate surface area is 375 Å². The van der Waals surface area contributed by atoms with Gasteiger partial charge in [-0.15, -0.1) is 0 Å². The number of fused-ring (bicyclic) bond motifs is 7. The van der Waals surface area contributed by atoms with Crippen LogP contribution in [0.1, 0.15) is 152 Å². The fraction of sp³-hybridized carbons (Fsp3) is 0.317. The summed E-state index contributed by atoms with van der Waals surface area (Å²) < 4.78 is 7.82. The van der Waals surface area contributed by atoms with Gasteiger partial charge in [0.05, 0.1) is 10.9 Å². The van der Waals surface area contributed by atoms with E-state index in [4.69, 9.17) is 0 Å². The highest BCUT2D eigenvalue weighted by Gasteiger charge is 2.33. The van der Waals surface area contributed by atoms with E-state index in [9.17, 15) is 0 Å². The second-order valence-electron chi connectivity index (χ2n) is 20.3. The molecule has 0 atom stereocenters. The van der Waals surface area contributed by atoms with Crippen molar-refractivity contribution in [3.05, 3.63) is 155 Å². The van der Waals surface area contributed by atoms with Gasteiger partial charge in [0.2, 0.25) is 0 Å². The Balaban J connectivity index is 1.38. The summed E-state index contributed by atoms with van der Waals surface area (Å²) in [6, 6.07) is 45.0. The van der Waals surface area contributed by atoms with Gasteiger partial charge in [-0.25, -0.2) is 4.57 Å². The Hall–Kier alpha value is -5.93. The normalized spacial score (nSPS) is 12.9. The van der Waals surface area contributed by atoms with Crippen LogP contribution in [0.15, 0.2) is 121 Å². The van der Waals surface area contributed by atoms with E-state index in [1.54, 1.807) is 0 Å². The SMILES string of the molecule is CC(C)c1cccc(C(C)C)c1-c1ccc2c(c1)c1cc(-c3c(C(C)C)cccc3C(C)C)cc3c1n2C[n+]1cc(-c2c(C(C)C)cccc2C(C)C)cc2c4ccccc4n-3c21. The summed E-state index contributed by atoms with van der Waals surface area (Å²) in [5, 5.41) is 5.21. The first-order valence-corrected chi connectivity index (χ1v) is 23.7. The van der Waals surface area contributed by atoms with Crippen LogP contribution in [0.2, 0.25) is 0 Å². The Bertz CT molecular complexity index is 3190. The largest absolute Gasteiger partial charge is 0.299 e. The summed E-state index contributed by atoms with van der Waals surface area (Å²) in [5.74, 6) is 2.36. The lowest BCUT2D eigenvalue weighted by molar-refractivity contribution is -0.676. The third-order valence-electron chi connectivity index (χ3n) is 14.2. The van der Waals surface area contributed by atoms with E-state index in [1.165, 1.54) is 116 Å². The van der Waals surface area contributed by atoms with E-state index < -0.39 is 0 Å². The second kappa shape index (κ2) is 15.4. The van der Waals surface area contributed by atoms with Crippen molar-refractivity contribution in [2.45, 2.75) is 125 Å². The first-order chi connectivity index (χ1) is 30.2. The standard InChI is InChI=1S/C60H64N3/c1-34(2)43-19-15-20-44(35(3)4)56(43)40-26-27-53-50(28-40)51-29-41(57-45(36(5)6)21-16-22-46(57)37(7)8)31-55-59(51)62(53)33-61-32-42(58-47(38(9)10)23-17-24-48(58)39(11)12)30-52-49-18-13-14-25-54(49)63(55)60(52)61/h13-32,34-39H,33H2,1-12H3/q+1. The summed E-state index contributed by atoms with van der Waals surface area (Å²) in [4.78, 5) is 0. The summed E-state index contributed by atoms with van der Waals surface area (Å²) in [6.07, 6.45) is 2.47. The third kappa shape index (κ3) is 6.40. The Morgan fingerprint density at radius 3 is 1.38 bits per heavy atom. The molecule has 0 saturated heterocycles. The molecule has 0 unspecified atom stereocenters. The maximum atomic E-state index is 2.63. The van der Waals surface area contributed by atoms with Gasteiger partial charge in [0.25, 0.3) is 5.65 Å². The number of hydrogen-bond acceptors (Lipinski definition) is 0. The lowest BCUT2D eigenvalue weighted by Crippen LogP contribution is -2.38. The van der Waals surface area contributed by atoms with E-state index >= 15 is 0 Å². The van der Waals surface area contributed by atoms with Gasteiger partial charge in [-0.05, 0) is 139 Å². The van der Waals surface area contributed by atoms with Crippen LogP contribution >= 0.6 is 0 Å². The summed E-state index contributed by atoms with van der Waals surface area (Å²) in [5.41, 5.74) is 22.8. The molecule has 9 aromatic rings. The molecular formula is C60H64N3+. The number of aromatic nitrogens is 3. The van der Waals surface area contributed by atoms with Gasteiger partial charge in [-0.3, -0.25) is 4.57 Å². The van der Waals surface area contributed by atoms with Crippen molar-refractivity contribution in [2.75, 3.05) is 0 Å². The van der Waals surface area contributed by atoms with Crippen LogP contribution in [0.3, 0.4) is 0 Å². The van der Waals surface area contributed by atoms with Gasteiger partial charge in [0.15, 0.2) is 12.4 Å². The van der Waals surface area contributed by atoms with Crippen LogP contribution in [0.4, 0.5) is 0 Å². The first kappa shape index (κ1) is 41.1. The predicted molar refractivity (Wildman–Crippen MR) is 270 cm³/mol. The minimum Gasteiger partial charge on any atom is -0.299 e. The predicted octanol–water partition coefficient (Wildman–Crippen LogP) is 16.7. The topological polar surface area (TPSA) is 13.7 Å². The molecule has 6 aromatic carbocycles. The van der Waals surface area contributed by atoms with E-state index in [1.807, 2.05) is 0 Å². The molecule has 0 amide bonds. The Morgan fingerprint density at radius 2 is 0.857 bits per heavy atom. The average Bonchev–Trinajstić information content (AvgIpc) is 3.71. The monoisotopic (exact) mass is 827 g/mol. The molecule has 1 aliphatic heterocycles. The minimum absolute atomic E-state index is 0.377. The average molecular weight is 827 g/mol. The molecule has 1 aliphatic rings. The molecule has 0 radical (unpaired) electrons. The molecule has 0 saturated carbocycles. The van der Waals surface area contributed by atoms with Crippen molar-refractivity contribution >= 4 is 43.7 Å². The lowest BCUT2D eigenvalue weighted by atomic mass is 9.84. The zero-order valence-corrected chi connectivity index (χ0v) is 39.6. The molecule has 3 aromatic heterocycles. The van der Waals surface area contributed by atoms with E-state index in [-0.39, 0.29) is 0 Å². The number of nitrogens with zero attached hydrogens (tertiary/aromatic N) is 3. The third-order valence-corrected chi connectivity index (χ3v) is 14.2. The highest BCUT2D eigenvalue weighted by molar-refractivity contribution is 6.16. The van der Waals surface area contributed by atoms with Crippen molar-refractivity contribution in [1.29, 1.82) is 0 Å². The highest BCUT2D eigenvalue weighted by atomic mass is 15.2. The molecule has 0 fully saturated rings. The molecule has 3 heteroatoms. The van der Waals surface area contributed by atoms with Crippen molar-refractivity contribution in [1.82, 2.24) is 9.13 Å². The van der Waals surface area contributed by atoms with Crippen molar-refractivity contribution in [3.63, 3.8) is 0 Å². The smallest absolute Gasteiger partial charge is 0.296 e. The van der Waals surface area contributed by atoms with Crippen LogP contribution in [0.25, 0.3) is 82.8 Å². The van der Waals surface area contributed by atoms with E-state index in [0.717, 1.165) is 0 Å². The van der Waals surface area contributed by atoms with Crippen LogP contribution < -0.4 is 4.57 Å². The number of hydrogen-bond donors (Lipinski definition) is 0. The van der Waals surface area contributed by atoms with Gasteiger partial charge < -0.3 is 0 Å². The number of rotatable bonds is 9. The maximum absolute atomic E-state index is 2.63. The van der Waals surface area contributed by atoms with Crippen molar-refractivity contribution < 1.29 is 4.57 Å². The molecule has 0 bridgehead atoms. The molecule has 0 aliphatic carbocycles. The second-order valence-corrected chi connectivity index (χ2v) is 20.3. The fourth-order valence-corrected chi connectivity index (χ4v) is 11.2. The van der Waals surface area contributed by atoms with Crippen LogP contribution in [0.5, 0.6) is 0 Å². The molecule has 3 nitrogen and oxygen atoms in total. The van der Waals surface area contributed by atoms with Crippen LogP contribution in [-0.2, 0) is 6.67 Å². The maximum Gasteiger partial charge on any atom is 0.296 e. The lowest BCUT2D eigenvalue weighted by Gasteiger charge is -2.21. The quantitative estimate of drug-likeness (QED) is 0.129. The fourth-order valence-electron chi connectivity index (χ4n) is 11.2. The van der Waals surface area contributed by atoms with Gasteiger partial charge in [-0.2, -0.15) is 4.57 Å². The van der Waals surface area contributed by atoms with Crippen molar-refractivity contribution in [2.24, 2.45) is 0 Å². The molecule has 63 heavy (non-hydrogen) atoms. The van der Waals surface area contributed by atoms with Crippen LogP contribution in [-0.4, -0.2) is 9.13 Å². The minimum atomic E-state index is 0.377. The van der Waals surface area contributed by atoms with Gasteiger partial charge >= 0.3 is 0 Å². The molecular weight excluding hydrogens is 763 g/mol.